The van der Waals surface area contributed by atoms with Crippen LogP contribution < -0.4 is 9.47 Å². The molecule has 118 valence electrons. The summed E-state index contributed by atoms with van der Waals surface area (Å²) in [6, 6.07) is 3.53. The van der Waals surface area contributed by atoms with Gasteiger partial charge in [-0.15, -0.1) is 0 Å². The summed E-state index contributed by atoms with van der Waals surface area (Å²) in [5.74, 6) is 1.42. The van der Waals surface area contributed by atoms with E-state index < -0.39 is 6.10 Å². The molecule has 5 heteroatoms. The van der Waals surface area contributed by atoms with E-state index in [1.807, 2.05) is 13.8 Å². The Morgan fingerprint density at radius 1 is 1.19 bits per heavy atom. The van der Waals surface area contributed by atoms with Crippen molar-refractivity contribution < 1.29 is 19.3 Å². The van der Waals surface area contributed by atoms with Gasteiger partial charge in [0.2, 0.25) is 0 Å². The van der Waals surface area contributed by atoms with Crippen LogP contribution in [0.1, 0.15) is 38.4 Å². The molecular weight excluding hydrogens is 292 g/mol. The first kappa shape index (κ1) is 16.4. The molecule has 1 aliphatic heterocycles. The van der Waals surface area contributed by atoms with E-state index in [1.54, 1.807) is 12.1 Å². The summed E-state index contributed by atoms with van der Waals surface area (Å²) in [5, 5.41) is 11.1. The van der Waals surface area contributed by atoms with Gasteiger partial charge in [0.1, 0.15) is 0 Å². The van der Waals surface area contributed by atoms with Crippen molar-refractivity contribution in [1.82, 2.24) is 0 Å². The Morgan fingerprint density at radius 2 is 1.76 bits per heavy atom. The summed E-state index contributed by atoms with van der Waals surface area (Å²) in [6.45, 7) is 6.28. The molecule has 1 aliphatic rings. The zero-order chi connectivity index (χ0) is 15.2. The molecule has 1 aromatic carbocycles. The number of ether oxygens (including phenoxy) is 3. The summed E-state index contributed by atoms with van der Waals surface area (Å²) in [4.78, 5) is 0. The van der Waals surface area contributed by atoms with Crippen LogP contribution in [0, 0.1) is 5.92 Å². The highest BCUT2D eigenvalue weighted by molar-refractivity contribution is 6.31. The molecule has 1 unspecified atom stereocenters. The highest BCUT2D eigenvalue weighted by Gasteiger charge is 2.26. The average Bonchev–Trinajstić information content (AvgIpc) is 2.50. The van der Waals surface area contributed by atoms with Crippen molar-refractivity contribution in [3.63, 3.8) is 0 Å². The largest absolute Gasteiger partial charge is 0.490 e. The van der Waals surface area contributed by atoms with Crippen molar-refractivity contribution in [3.05, 3.63) is 22.7 Å². The van der Waals surface area contributed by atoms with Crippen molar-refractivity contribution in [2.24, 2.45) is 5.92 Å². The molecule has 1 N–H and O–H groups in total. The zero-order valence-corrected chi connectivity index (χ0v) is 13.4. The predicted octanol–water partition coefficient (Wildman–Crippen LogP) is 3.60. The average molecular weight is 315 g/mol. The van der Waals surface area contributed by atoms with Gasteiger partial charge in [0.05, 0.1) is 24.3 Å². The Labute approximate surface area is 131 Å². The topological polar surface area (TPSA) is 47.9 Å². The monoisotopic (exact) mass is 314 g/mol. The van der Waals surface area contributed by atoms with Gasteiger partial charge in [0.25, 0.3) is 0 Å². The molecule has 21 heavy (non-hydrogen) atoms. The first-order chi connectivity index (χ1) is 10.2. The van der Waals surface area contributed by atoms with Gasteiger partial charge < -0.3 is 19.3 Å². The van der Waals surface area contributed by atoms with Crippen LogP contribution in [0.25, 0.3) is 0 Å². The molecule has 0 radical (unpaired) electrons. The molecule has 4 nitrogen and oxygen atoms in total. The van der Waals surface area contributed by atoms with Crippen molar-refractivity contribution in [1.29, 1.82) is 0 Å². The Hall–Kier alpha value is -0.970. The van der Waals surface area contributed by atoms with E-state index in [2.05, 4.69) is 0 Å². The maximum Gasteiger partial charge on any atom is 0.162 e. The van der Waals surface area contributed by atoms with E-state index >= 15 is 0 Å². The number of hydrogen-bond acceptors (Lipinski definition) is 4. The lowest BCUT2D eigenvalue weighted by molar-refractivity contribution is 0.00712. The molecule has 0 aliphatic carbocycles. The van der Waals surface area contributed by atoms with Gasteiger partial charge >= 0.3 is 0 Å². The standard InChI is InChI=1S/C16H23ClO4/c1-3-20-14-9-12(13(17)10-15(14)21-4-2)16(18)11-5-7-19-8-6-11/h9-11,16,18H,3-8H2,1-2H3. The Morgan fingerprint density at radius 3 is 2.33 bits per heavy atom. The molecule has 0 spiro atoms. The van der Waals surface area contributed by atoms with E-state index in [0.717, 1.165) is 12.8 Å². The van der Waals surface area contributed by atoms with Crippen molar-refractivity contribution >= 4 is 11.6 Å². The summed E-state index contributed by atoms with van der Waals surface area (Å²) in [6.07, 6.45) is 1.08. The number of hydrogen-bond donors (Lipinski definition) is 1. The molecule has 0 saturated carbocycles. The number of halogens is 1. The maximum absolute atomic E-state index is 10.6. The molecular formula is C16H23ClO4. The van der Waals surface area contributed by atoms with E-state index in [-0.39, 0.29) is 5.92 Å². The first-order valence-electron chi connectivity index (χ1n) is 7.52. The molecule has 1 saturated heterocycles. The first-order valence-corrected chi connectivity index (χ1v) is 7.90. The normalized spacial score (nSPS) is 17.5. The SMILES string of the molecule is CCOc1cc(Cl)c(C(O)C2CCOCC2)cc1OCC. The van der Waals surface area contributed by atoms with Gasteiger partial charge in [-0.25, -0.2) is 0 Å². The van der Waals surface area contributed by atoms with E-state index in [0.29, 0.717) is 48.5 Å². The molecule has 1 heterocycles. The van der Waals surface area contributed by atoms with E-state index in [9.17, 15) is 5.11 Å². The fourth-order valence-electron chi connectivity index (χ4n) is 2.60. The van der Waals surface area contributed by atoms with Gasteiger partial charge in [-0.1, -0.05) is 11.6 Å². The Kier molecular flexibility index (Phi) is 6.15. The third-order valence-corrected chi connectivity index (χ3v) is 4.02. The van der Waals surface area contributed by atoms with Gasteiger partial charge in [-0.05, 0) is 38.7 Å². The maximum atomic E-state index is 10.6. The third-order valence-electron chi connectivity index (χ3n) is 3.69. The summed E-state index contributed by atoms with van der Waals surface area (Å²) in [7, 11) is 0. The van der Waals surface area contributed by atoms with Gasteiger partial charge in [-0.3, -0.25) is 0 Å². The smallest absolute Gasteiger partial charge is 0.162 e. The number of aliphatic hydroxyl groups is 1. The van der Waals surface area contributed by atoms with Crippen LogP contribution in [-0.4, -0.2) is 31.5 Å². The van der Waals surface area contributed by atoms with Crippen LogP contribution in [0.2, 0.25) is 5.02 Å². The third kappa shape index (κ3) is 4.02. The van der Waals surface area contributed by atoms with Crippen molar-refractivity contribution in [2.75, 3.05) is 26.4 Å². The van der Waals surface area contributed by atoms with Gasteiger partial charge in [0, 0.05) is 24.8 Å². The molecule has 0 aromatic heterocycles. The minimum absolute atomic E-state index is 0.170. The van der Waals surface area contributed by atoms with Crippen LogP contribution in [0.3, 0.4) is 0 Å². The zero-order valence-electron chi connectivity index (χ0n) is 12.6. The molecule has 1 aromatic rings. The highest BCUT2D eigenvalue weighted by atomic mass is 35.5. The molecule has 2 rings (SSSR count). The number of rotatable bonds is 6. The second kappa shape index (κ2) is 7.87. The minimum atomic E-state index is -0.601. The van der Waals surface area contributed by atoms with Crippen LogP contribution in [0.4, 0.5) is 0 Å². The lowest BCUT2D eigenvalue weighted by Crippen LogP contribution is -2.22. The lowest BCUT2D eigenvalue weighted by atomic mass is 9.89. The molecule has 0 amide bonds. The number of aliphatic hydroxyl groups excluding tert-OH is 1. The molecule has 0 bridgehead atoms. The quantitative estimate of drug-likeness (QED) is 0.871. The minimum Gasteiger partial charge on any atom is -0.490 e. The predicted molar refractivity (Wildman–Crippen MR) is 82.3 cm³/mol. The van der Waals surface area contributed by atoms with Crippen LogP contribution in [0.15, 0.2) is 12.1 Å². The second-order valence-corrected chi connectivity index (χ2v) is 5.49. The van der Waals surface area contributed by atoms with Crippen LogP contribution in [-0.2, 0) is 4.74 Å². The summed E-state index contributed by atoms with van der Waals surface area (Å²) in [5.41, 5.74) is 0.704. The highest BCUT2D eigenvalue weighted by Crippen LogP contribution is 2.40. The van der Waals surface area contributed by atoms with Gasteiger partial charge in [0.15, 0.2) is 11.5 Å². The fraction of sp³-hybridized carbons (Fsp3) is 0.625. The lowest BCUT2D eigenvalue weighted by Gasteiger charge is -2.28. The second-order valence-electron chi connectivity index (χ2n) is 5.08. The number of benzene rings is 1. The summed E-state index contributed by atoms with van der Waals surface area (Å²) < 4.78 is 16.5. The fourth-order valence-corrected chi connectivity index (χ4v) is 2.87. The van der Waals surface area contributed by atoms with Gasteiger partial charge in [-0.2, -0.15) is 0 Å². The van der Waals surface area contributed by atoms with Crippen molar-refractivity contribution in [3.8, 4) is 11.5 Å². The Balaban J connectivity index is 2.27. The molecule has 1 atom stereocenters. The van der Waals surface area contributed by atoms with Crippen LogP contribution >= 0.6 is 11.6 Å². The van der Waals surface area contributed by atoms with Crippen LogP contribution in [0.5, 0.6) is 11.5 Å². The Bertz CT molecular complexity index is 458. The molecule has 1 fully saturated rings. The van der Waals surface area contributed by atoms with E-state index in [1.165, 1.54) is 0 Å². The summed E-state index contributed by atoms with van der Waals surface area (Å²) >= 11 is 6.32. The van der Waals surface area contributed by atoms with Crippen molar-refractivity contribution in [2.45, 2.75) is 32.8 Å². The van der Waals surface area contributed by atoms with E-state index in [4.69, 9.17) is 25.8 Å².